The Hall–Kier alpha value is -2.15. The number of carbonyl (C=O) groups excluding carboxylic acids is 1. The highest BCUT2D eigenvalue weighted by Gasteiger charge is 2.30. The number of hydrogen-bond donors (Lipinski definition) is 0. The molecule has 0 unspecified atom stereocenters. The fourth-order valence-electron chi connectivity index (χ4n) is 2.36. The molecule has 108 valence electrons. The largest absolute Gasteiger partial charge is 0.452 e. The third-order valence-electron chi connectivity index (χ3n) is 3.22. The molecule has 0 aliphatic carbocycles. The van der Waals surface area contributed by atoms with Crippen LogP contribution in [0.25, 0.3) is 11.3 Å². The summed E-state index contributed by atoms with van der Waals surface area (Å²) in [5, 5.41) is 8.82. The molecule has 1 aliphatic heterocycles. The van der Waals surface area contributed by atoms with E-state index in [1.165, 1.54) is 18.7 Å². The quantitative estimate of drug-likeness (QED) is 0.753. The second kappa shape index (κ2) is 5.33. The predicted molar refractivity (Wildman–Crippen MR) is 80.3 cm³/mol. The van der Waals surface area contributed by atoms with Crippen LogP contribution in [0.15, 0.2) is 29.4 Å². The number of para-hydroxylation sites is 1. The van der Waals surface area contributed by atoms with Gasteiger partial charge in [-0.2, -0.15) is 4.98 Å². The Balaban J connectivity index is 2.25. The number of carbonyl (C=O) groups is 1. The van der Waals surface area contributed by atoms with E-state index in [4.69, 9.17) is 4.74 Å². The Kier molecular flexibility index (Phi) is 3.50. The van der Waals surface area contributed by atoms with Gasteiger partial charge in [-0.05, 0) is 19.2 Å². The molecule has 0 saturated heterocycles. The third-order valence-corrected chi connectivity index (χ3v) is 3.76. The number of benzene rings is 1. The zero-order chi connectivity index (χ0) is 15.0. The molecular weight excluding hydrogens is 288 g/mol. The van der Waals surface area contributed by atoms with Gasteiger partial charge in [0.25, 0.3) is 0 Å². The van der Waals surface area contributed by atoms with Gasteiger partial charge >= 0.3 is 0 Å². The van der Waals surface area contributed by atoms with Gasteiger partial charge in [-0.1, -0.05) is 30.0 Å². The van der Waals surface area contributed by atoms with Gasteiger partial charge in [-0.15, -0.1) is 10.2 Å². The normalized spacial score (nSPS) is 16.5. The first-order chi connectivity index (χ1) is 10.1. The first-order valence-corrected chi connectivity index (χ1v) is 7.69. The van der Waals surface area contributed by atoms with Crippen molar-refractivity contribution in [3.05, 3.63) is 24.3 Å². The average molecular weight is 302 g/mol. The second-order valence-corrected chi connectivity index (χ2v) is 5.35. The van der Waals surface area contributed by atoms with Gasteiger partial charge in [-0.25, -0.2) is 0 Å². The number of rotatable bonds is 1. The van der Waals surface area contributed by atoms with Crippen LogP contribution < -0.4 is 9.64 Å². The maximum atomic E-state index is 12.0. The Labute approximate surface area is 126 Å². The minimum atomic E-state index is -0.462. The standard InChI is InChI=1S/C14H14N4O2S/c1-8(19)18-9(2)20-13-12(16-17-14(15-13)21-3)10-6-4-5-7-11(10)18/h4-7,9H,1-3H3/t9-/m1/s1. The van der Waals surface area contributed by atoms with E-state index < -0.39 is 6.23 Å². The summed E-state index contributed by atoms with van der Waals surface area (Å²) in [5.74, 6) is 0.304. The van der Waals surface area contributed by atoms with Crippen molar-refractivity contribution in [2.75, 3.05) is 11.2 Å². The van der Waals surface area contributed by atoms with E-state index in [0.29, 0.717) is 16.7 Å². The first-order valence-electron chi connectivity index (χ1n) is 6.46. The van der Waals surface area contributed by atoms with Crippen molar-refractivity contribution >= 4 is 23.4 Å². The van der Waals surface area contributed by atoms with Gasteiger partial charge in [0.05, 0.1) is 5.69 Å². The van der Waals surface area contributed by atoms with Crippen LogP contribution >= 0.6 is 11.8 Å². The lowest BCUT2D eigenvalue weighted by molar-refractivity contribution is -0.118. The monoisotopic (exact) mass is 302 g/mol. The van der Waals surface area contributed by atoms with Gasteiger partial charge in [0, 0.05) is 12.5 Å². The zero-order valence-electron chi connectivity index (χ0n) is 11.9. The van der Waals surface area contributed by atoms with Crippen LogP contribution in [-0.2, 0) is 4.79 Å². The Bertz CT molecular complexity index is 707. The molecule has 6 nitrogen and oxygen atoms in total. The number of thioether (sulfide) groups is 1. The molecule has 1 atom stereocenters. The van der Waals surface area contributed by atoms with E-state index in [1.54, 1.807) is 4.90 Å². The van der Waals surface area contributed by atoms with E-state index in [2.05, 4.69) is 15.2 Å². The molecule has 0 fully saturated rings. The Morgan fingerprint density at radius 1 is 1.33 bits per heavy atom. The number of hydrogen-bond acceptors (Lipinski definition) is 6. The van der Waals surface area contributed by atoms with Crippen molar-refractivity contribution in [3.8, 4) is 17.1 Å². The van der Waals surface area contributed by atoms with Crippen LogP contribution in [0.1, 0.15) is 13.8 Å². The van der Waals surface area contributed by atoms with E-state index in [-0.39, 0.29) is 5.91 Å². The van der Waals surface area contributed by atoms with Gasteiger partial charge in [0.15, 0.2) is 11.9 Å². The van der Waals surface area contributed by atoms with Crippen molar-refractivity contribution in [2.24, 2.45) is 0 Å². The molecule has 1 aromatic heterocycles. The smallest absolute Gasteiger partial charge is 0.247 e. The summed E-state index contributed by atoms with van der Waals surface area (Å²) >= 11 is 1.39. The number of aromatic nitrogens is 3. The van der Waals surface area contributed by atoms with Crippen molar-refractivity contribution in [1.29, 1.82) is 0 Å². The summed E-state index contributed by atoms with van der Waals surface area (Å²) in [7, 11) is 0. The molecule has 3 rings (SSSR count). The molecule has 0 saturated carbocycles. The van der Waals surface area contributed by atoms with Crippen molar-refractivity contribution in [2.45, 2.75) is 25.2 Å². The molecular formula is C14H14N4O2S. The molecule has 1 aromatic carbocycles. The molecule has 0 spiro atoms. The molecule has 1 aliphatic rings. The Morgan fingerprint density at radius 3 is 2.81 bits per heavy atom. The number of anilines is 1. The summed E-state index contributed by atoms with van der Waals surface area (Å²) in [6.07, 6.45) is 1.41. The van der Waals surface area contributed by atoms with Crippen molar-refractivity contribution in [3.63, 3.8) is 0 Å². The summed E-state index contributed by atoms with van der Waals surface area (Å²) in [5.41, 5.74) is 2.10. The molecule has 0 bridgehead atoms. The van der Waals surface area contributed by atoms with Crippen LogP contribution in [0.4, 0.5) is 5.69 Å². The zero-order valence-corrected chi connectivity index (χ0v) is 12.7. The minimum Gasteiger partial charge on any atom is -0.452 e. The maximum absolute atomic E-state index is 12.0. The lowest BCUT2D eigenvalue weighted by atomic mass is 10.1. The van der Waals surface area contributed by atoms with Crippen molar-refractivity contribution in [1.82, 2.24) is 15.2 Å². The summed E-state index contributed by atoms with van der Waals surface area (Å²) in [6.45, 7) is 3.33. The van der Waals surface area contributed by atoms with Crippen LogP contribution in [0.3, 0.4) is 0 Å². The van der Waals surface area contributed by atoms with E-state index >= 15 is 0 Å². The van der Waals surface area contributed by atoms with Crippen molar-refractivity contribution < 1.29 is 9.53 Å². The molecule has 2 heterocycles. The van der Waals surface area contributed by atoms with Crippen LogP contribution in [0, 0.1) is 0 Å². The summed E-state index contributed by atoms with van der Waals surface area (Å²) in [6, 6.07) is 7.53. The van der Waals surface area contributed by atoms with E-state index in [1.807, 2.05) is 37.4 Å². The highest BCUT2D eigenvalue weighted by Crippen LogP contribution is 2.38. The van der Waals surface area contributed by atoms with Crippen LogP contribution in [0.5, 0.6) is 5.88 Å². The van der Waals surface area contributed by atoms with Gasteiger partial charge in [-0.3, -0.25) is 9.69 Å². The van der Waals surface area contributed by atoms with Gasteiger partial charge < -0.3 is 4.74 Å². The lowest BCUT2D eigenvalue weighted by Gasteiger charge is -2.26. The van der Waals surface area contributed by atoms with Gasteiger partial charge in [0.1, 0.15) is 0 Å². The SMILES string of the molecule is CSc1nnc2c(n1)O[C@H](C)N(C(C)=O)c1ccccc1-2. The topological polar surface area (TPSA) is 68.2 Å². The number of amides is 1. The van der Waals surface area contributed by atoms with Crippen LogP contribution in [-0.4, -0.2) is 33.6 Å². The molecule has 0 N–H and O–H groups in total. The van der Waals surface area contributed by atoms with Crippen LogP contribution in [0.2, 0.25) is 0 Å². The molecule has 2 aromatic rings. The number of fused-ring (bicyclic) bond motifs is 3. The summed E-state index contributed by atoms with van der Waals surface area (Å²) < 4.78 is 5.83. The highest BCUT2D eigenvalue weighted by atomic mass is 32.2. The average Bonchev–Trinajstić information content (AvgIpc) is 2.59. The lowest BCUT2D eigenvalue weighted by Crippen LogP contribution is -2.40. The molecule has 1 amide bonds. The highest BCUT2D eigenvalue weighted by molar-refractivity contribution is 7.98. The molecule has 0 radical (unpaired) electrons. The first kappa shape index (κ1) is 13.8. The number of ether oxygens (including phenoxy) is 1. The minimum absolute atomic E-state index is 0.0965. The van der Waals surface area contributed by atoms with Gasteiger partial charge in [0.2, 0.25) is 16.9 Å². The Morgan fingerprint density at radius 2 is 2.10 bits per heavy atom. The maximum Gasteiger partial charge on any atom is 0.247 e. The molecule has 21 heavy (non-hydrogen) atoms. The van der Waals surface area contributed by atoms with E-state index in [0.717, 1.165) is 11.3 Å². The predicted octanol–water partition coefficient (Wildman–Crippen LogP) is 2.35. The number of nitrogens with zero attached hydrogens (tertiary/aromatic N) is 4. The third kappa shape index (κ3) is 2.33. The summed E-state index contributed by atoms with van der Waals surface area (Å²) in [4.78, 5) is 17.9. The van der Waals surface area contributed by atoms with E-state index in [9.17, 15) is 4.79 Å². The fourth-order valence-corrected chi connectivity index (χ4v) is 2.65. The second-order valence-electron chi connectivity index (χ2n) is 4.58. The fraction of sp³-hybridized carbons (Fsp3) is 0.286. The molecule has 7 heteroatoms.